The second-order valence-corrected chi connectivity index (χ2v) is 9.07. The second-order valence-electron chi connectivity index (χ2n) is 8.12. The molecule has 1 aromatic carbocycles. The van der Waals surface area contributed by atoms with E-state index in [1.807, 2.05) is 0 Å². The van der Waals surface area contributed by atoms with Crippen LogP contribution in [0.25, 0.3) is 0 Å². The number of nitrogens with zero attached hydrogens (tertiary/aromatic N) is 3. The molecule has 13 heteroatoms. The number of rotatable bonds is 6. The Balaban J connectivity index is 1.51. The Morgan fingerprint density at radius 2 is 1.73 bits per heavy atom. The number of alkyl halides is 6. The minimum atomic E-state index is -4.55. The first-order valence-electron chi connectivity index (χ1n) is 10.0. The number of hydrogen-bond acceptors (Lipinski definition) is 7. The third-order valence-corrected chi connectivity index (χ3v) is 6.57. The lowest BCUT2D eigenvalue weighted by atomic mass is 9.95. The van der Waals surface area contributed by atoms with Gasteiger partial charge in [0, 0.05) is 30.6 Å². The van der Waals surface area contributed by atoms with E-state index >= 15 is 0 Å². The first-order chi connectivity index (χ1) is 15.4. The van der Waals surface area contributed by atoms with Crippen molar-refractivity contribution in [2.45, 2.75) is 38.2 Å². The number of aromatic nitrogens is 2. The molecule has 1 aromatic heterocycles. The van der Waals surface area contributed by atoms with Crippen molar-refractivity contribution in [3.63, 3.8) is 0 Å². The maximum atomic E-state index is 13.2. The smallest absolute Gasteiger partial charge is 0.445 e. The summed E-state index contributed by atoms with van der Waals surface area (Å²) in [6.07, 6.45) is -7.87. The average molecular weight is 494 g/mol. The van der Waals surface area contributed by atoms with E-state index in [9.17, 15) is 26.3 Å². The molecule has 33 heavy (non-hydrogen) atoms. The summed E-state index contributed by atoms with van der Waals surface area (Å²) in [6.45, 7) is 6.00. The maximum Gasteiger partial charge on any atom is 0.445 e. The zero-order chi connectivity index (χ0) is 24.0. The molecule has 2 unspecified atom stereocenters. The highest BCUT2D eigenvalue weighted by Gasteiger charge is 2.45. The standard InChI is InChI=1S/C20H20F6N4O2S/c1-10(2)29-32-15-7-13(19(21,22)23)5-6-14(15)31-16-11-3-4-12(16)9-30(8-11)18-28-27-17(33-18)20(24,25)26/h5-7,11-12,16,29H,1,3-4,8-9H2,2H3. The van der Waals surface area contributed by atoms with Crippen LogP contribution in [-0.4, -0.2) is 29.4 Å². The van der Waals surface area contributed by atoms with Gasteiger partial charge in [0.25, 0.3) is 0 Å². The van der Waals surface area contributed by atoms with Crippen LogP contribution in [0.1, 0.15) is 30.3 Å². The van der Waals surface area contributed by atoms with E-state index in [1.54, 1.807) is 11.8 Å². The zero-order valence-corrected chi connectivity index (χ0v) is 18.2. The van der Waals surface area contributed by atoms with Gasteiger partial charge in [-0.25, -0.2) is 5.48 Å². The van der Waals surface area contributed by atoms with Crippen molar-refractivity contribution in [2.24, 2.45) is 11.8 Å². The minimum absolute atomic E-state index is 0.0359. The number of fused-ring (bicyclic) bond motifs is 2. The third kappa shape index (κ3) is 5.12. The topological polar surface area (TPSA) is 59.5 Å². The summed E-state index contributed by atoms with van der Waals surface area (Å²) < 4.78 is 84.2. The summed E-state index contributed by atoms with van der Waals surface area (Å²) in [4.78, 5) is 7.05. The number of ether oxygens (including phenoxy) is 1. The number of benzene rings is 1. The second kappa shape index (κ2) is 8.58. The highest BCUT2D eigenvalue weighted by atomic mass is 32.1. The van der Waals surface area contributed by atoms with Crippen LogP contribution in [0.15, 0.2) is 30.5 Å². The summed E-state index contributed by atoms with van der Waals surface area (Å²) in [5.41, 5.74) is 1.95. The average Bonchev–Trinajstić information content (AvgIpc) is 3.29. The maximum absolute atomic E-state index is 13.2. The molecule has 2 aliphatic rings. The number of anilines is 1. The molecule has 1 N–H and O–H groups in total. The van der Waals surface area contributed by atoms with Gasteiger partial charge in [0.1, 0.15) is 6.10 Å². The third-order valence-electron chi connectivity index (χ3n) is 5.54. The fourth-order valence-electron chi connectivity index (χ4n) is 4.13. The van der Waals surface area contributed by atoms with Gasteiger partial charge < -0.3 is 14.5 Å². The first-order valence-corrected chi connectivity index (χ1v) is 10.9. The monoisotopic (exact) mass is 494 g/mol. The molecule has 1 aliphatic carbocycles. The summed E-state index contributed by atoms with van der Waals surface area (Å²) in [7, 11) is 0. The predicted octanol–water partition coefficient (Wildman–Crippen LogP) is 5.29. The number of piperidine rings is 1. The van der Waals surface area contributed by atoms with Crippen LogP contribution < -0.4 is 20.0 Å². The van der Waals surface area contributed by atoms with Crippen molar-refractivity contribution in [3.8, 4) is 11.5 Å². The molecule has 4 rings (SSSR count). The van der Waals surface area contributed by atoms with Crippen LogP contribution in [0.5, 0.6) is 11.5 Å². The van der Waals surface area contributed by atoms with Crippen LogP contribution in [0.3, 0.4) is 0 Å². The lowest BCUT2D eigenvalue weighted by molar-refractivity contribution is -0.138. The largest absolute Gasteiger partial charge is 0.486 e. The van der Waals surface area contributed by atoms with Crippen molar-refractivity contribution in [3.05, 3.63) is 41.0 Å². The minimum Gasteiger partial charge on any atom is -0.486 e. The number of nitrogens with one attached hydrogen (secondary N) is 1. The predicted molar refractivity (Wildman–Crippen MR) is 108 cm³/mol. The molecule has 0 amide bonds. The number of hydrogen-bond donors (Lipinski definition) is 1. The van der Waals surface area contributed by atoms with Crippen LogP contribution in [0, 0.1) is 11.8 Å². The summed E-state index contributed by atoms with van der Waals surface area (Å²) >= 11 is 0.494. The zero-order valence-electron chi connectivity index (χ0n) is 17.3. The Bertz CT molecular complexity index is 1010. The summed E-state index contributed by atoms with van der Waals surface area (Å²) in [6, 6.07) is 2.98. The van der Waals surface area contributed by atoms with Gasteiger partial charge >= 0.3 is 12.4 Å². The van der Waals surface area contributed by atoms with E-state index in [2.05, 4.69) is 22.3 Å². The van der Waals surface area contributed by atoms with Gasteiger partial charge in [-0.15, -0.1) is 10.2 Å². The SMILES string of the molecule is C=C(C)NOc1cc(C(F)(F)F)ccc1OC1C2CCC1CN(c1nnc(C(F)(F)F)s1)C2. The van der Waals surface area contributed by atoms with E-state index in [1.165, 1.54) is 6.07 Å². The van der Waals surface area contributed by atoms with Crippen molar-refractivity contribution in [1.82, 2.24) is 15.7 Å². The molecule has 1 saturated heterocycles. The molecule has 2 heterocycles. The fraction of sp³-hybridized carbons (Fsp3) is 0.500. The Morgan fingerprint density at radius 1 is 1.06 bits per heavy atom. The molecule has 1 aliphatic heterocycles. The Hall–Kier alpha value is -2.70. The molecule has 6 nitrogen and oxygen atoms in total. The van der Waals surface area contributed by atoms with Gasteiger partial charge in [-0.1, -0.05) is 17.9 Å². The molecular weight excluding hydrogens is 474 g/mol. The highest BCUT2D eigenvalue weighted by molar-refractivity contribution is 7.15. The Morgan fingerprint density at radius 3 is 2.27 bits per heavy atom. The number of allylic oxidation sites excluding steroid dienone is 1. The van der Waals surface area contributed by atoms with Crippen LogP contribution in [0.4, 0.5) is 31.5 Å². The van der Waals surface area contributed by atoms with Crippen molar-refractivity contribution >= 4 is 16.5 Å². The van der Waals surface area contributed by atoms with E-state index in [0.29, 0.717) is 30.1 Å². The Labute approximate surface area is 189 Å². The highest BCUT2D eigenvalue weighted by Crippen LogP contribution is 2.44. The van der Waals surface area contributed by atoms with E-state index in [0.717, 1.165) is 25.0 Å². The van der Waals surface area contributed by atoms with Crippen molar-refractivity contribution < 1.29 is 35.9 Å². The molecule has 2 bridgehead atoms. The molecule has 2 atom stereocenters. The van der Waals surface area contributed by atoms with Crippen LogP contribution in [-0.2, 0) is 12.4 Å². The number of halogens is 6. The summed E-state index contributed by atoms with van der Waals surface area (Å²) in [5.74, 6) is -0.0616. The van der Waals surface area contributed by atoms with E-state index in [-0.39, 0.29) is 34.6 Å². The van der Waals surface area contributed by atoms with Crippen LogP contribution >= 0.6 is 11.3 Å². The van der Waals surface area contributed by atoms with Crippen molar-refractivity contribution in [1.29, 1.82) is 0 Å². The van der Waals surface area contributed by atoms with E-state index in [4.69, 9.17) is 9.57 Å². The van der Waals surface area contributed by atoms with Gasteiger partial charge in [0.05, 0.1) is 5.56 Å². The molecule has 2 fully saturated rings. The normalized spacial score (nSPS) is 22.9. The Kier molecular flexibility index (Phi) is 6.10. The fourth-order valence-corrected chi connectivity index (χ4v) is 4.86. The lowest BCUT2D eigenvalue weighted by Gasteiger charge is -2.37. The van der Waals surface area contributed by atoms with Gasteiger partial charge in [0.2, 0.25) is 10.1 Å². The van der Waals surface area contributed by atoms with Gasteiger partial charge in [-0.2, -0.15) is 26.3 Å². The quantitative estimate of drug-likeness (QED) is 0.435. The lowest BCUT2D eigenvalue weighted by Crippen LogP contribution is -2.47. The van der Waals surface area contributed by atoms with E-state index < -0.39 is 22.9 Å². The molecular formula is C20H20F6N4O2S. The molecule has 0 radical (unpaired) electrons. The van der Waals surface area contributed by atoms with Gasteiger partial charge in [0.15, 0.2) is 11.5 Å². The van der Waals surface area contributed by atoms with Crippen molar-refractivity contribution in [2.75, 3.05) is 18.0 Å². The molecule has 180 valence electrons. The first kappa shape index (κ1) is 23.5. The van der Waals surface area contributed by atoms with Gasteiger partial charge in [-0.05, 0) is 38.0 Å². The molecule has 2 aromatic rings. The molecule has 0 spiro atoms. The van der Waals surface area contributed by atoms with Gasteiger partial charge in [-0.3, -0.25) is 0 Å². The molecule has 1 saturated carbocycles. The number of hydroxylamine groups is 1. The summed E-state index contributed by atoms with van der Waals surface area (Å²) in [5, 5.41) is 6.13. The van der Waals surface area contributed by atoms with Crippen LogP contribution in [0.2, 0.25) is 0 Å².